The van der Waals surface area contributed by atoms with Gasteiger partial charge in [-0.05, 0) is 42.0 Å². The SMILES string of the molecule is CNC(=O)c1ccc(NC(=O)COC(=O)Cc2ccc(Cl)cc2)cc1. The van der Waals surface area contributed by atoms with Crippen molar-refractivity contribution < 1.29 is 19.1 Å². The quantitative estimate of drug-likeness (QED) is 0.775. The van der Waals surface area contributed by atoms with Gasteiger partial charge in [-0.3, -0.25) is 14.4 Å². The largest absolute Gasteiger partial charge is 0.455 e. The number of anilines is 1. The Morgan fingerprint density at radius 3 is 2.24 bits per heavy atom. The summed E-state index contributed by atoms with van der Waals surface area (Å²) in [7, 11) is 1.54. The molecular formula is C18H17ClN2O4. The molecular weight excluding hydrogens is 344 g/mol. The third kappa shape index (κ3) is 5.93. The molecule has 2 N–H and O–H groups in total. The molecule has 0 unspecified atom stereocenters. The zero-order chi connectivity index (χ0) is 18.2. The van der Waals surface area contributed by atoms with Crippen LogP contribution >= 0.6 is 11.6 Å². The van der Waals surface area contributed by atoms with E-state index in [9.17, 15) is 14.4 Å². The molecule has 0 atom stereocenters. The highest BCUT2D eigenvalue weighted by molar-refractivity contribution is 6.30. The summed E-state index contributed by atoms with van der Waals surface area (Å²) in [4.78, 5) is 35.0. The number of rotatable bonds is 6. The Morgan fingerprint density at radius 2 is 1.64 bits per heavy atom. The number of hydrogen-bond donors (Lipinski definition) is 2. The van der Waals surface area contributed by atoms with Crippen LogP contribution in [0.4, 0.5) is 5.69 Å². The molecule has 0 aliphatic carbocycles. The third-order valence-electron chi connectivity index (χ3n) is 3.28. The number of benzene rings is 2. The van der Waals surface area contributed by atoms with E-state index in [-0.39, 0.29) is 18.9 Å². The minimum Gasteiger partial charge on any atom is -0.455 e. The molecule has 7 heteroatoms. The molecule has 2 rings (SSSR count). The second kappa shape index (κ2) is 8.84. The predicted octanol–water partition coefficient (Wildman–Crippen LogP) is 2.42. The van der Waals surface area contributed by atoms with E-state index in [1.54, 1.807) is 48.5 Å². The average Bonchev–Trinajstić information content (AvgIpc) is 2.62. The van der Waals surface area contributed by atoms with E-state index >= 15 is 0 Å². The molecule has 0 fully saturated rings. The Morgan fingerprint density at radius 1 is 1.00 bits per heavy atom. The lowest BCUT2D eigenvalue weighted by Gasteiger charge is -2.07. The van der Waals surface area contributed by atoms with E-state index in [2.05, 4.69) is 10.6 Å². The number of halogens is 1. The first-order valence-corrected chi connectivity index (χ1v) is 7.88. The van der Waals surface area contributed by atoms with Crippen LogP contribution in [-0.4, -0.2) is 31.4 Å². The van der Waals surface area contributed by atoms with Crippen LogP contribution in [0.5, 0.6) is 0 Å². The average molecular weight is 361 g/mol. The summed E-state index contributed by atoms with van der Waals surface area (Å²) in [6.45, 7) is -0.385. The van der Waals surface area contributed by atoms with Crippen molar-refractivity contribution in [2.45, 2.75) is 6.42 Å². The normalized spacial score (nSPS) is 10.0. The zero-order valence-corrected chi connectivity index (χ0v) is 14.3. The fraction of sp³-hybridized carbons (Fsp3) is 0.167. The van der Waals surface area contributed by atoms with Gasteiger partial charge in [-0.1, -0.05) is 23.7 Å². The lowest BCUT2D eigenvalue weighted by Crippen LogP contribution is -2.22. The first-order valence-electron chi connectivity index (χ1n) is 7.50. The fourth-order valence-corrected chi connectivity index (χ4v) is 2.14. The van der Waals surface area contributed by atoms with E-state index in [1.807, 2.05) is 0 Å². The van der Waals surface area contributed by atoms with Gasteiger partial charge >= 0.3 is 5.97 Å². The summed E-state index contributed by atoms with van der Waals surface area (Å²) in [5, 5.41) is 5.68. The molecule has 6 nitrogen and oxygen atoms in total. The lowest BCUT2D eigenvalue weighted by atomic mass is 10.1. The van der Waals surface area contributed by atoms with Crippen LogP contribution in [0.15, 0.2) is 48.5 Å². The minimum atomic E-state index is -0.507. The van der Waals surface area contributed by atoms with Crippen LogP contribution in [0.2, 0.25) is 5.02 Å². The molecule has 0 spiro atoms. The van der Waals surface area contributed by atoms with Gasteiger partial charge in [0, 0.05) is 23.3 Å². The molecule has 0 radical (unpaired) electrons. The number of amides is 2. The molecule has 0 saturated carbocycles. The van der Waals surface area contributed by atoms with Crippen LogP contribution in [0, 0.1) is 0 Å². The van der Waals surface area contributed by atoms with E-state index in [0.717, 1.165) is 5.56 Å². The van der Waals surface area contributed by atoms with E-state index < -0.39 is 11.9 Å². The number of nitrogens with one attached hydrogen (secondary N) is 2. The first-order chi connectivity index (χ1) is 12.0. The summed E-state index contributed by atoms with van der Waals surface area (Å²) in [6.07, 6.45) is 0.0608. The van der Waals surface area contributed by atoms with Crippen molar-refractivity contribution in [1.29, 1.82) is 0 Å². The van der Waals surface area contributed by atoms with Crippen molar-refractivity contribution in [2.75, 3.05) is 19.0 Å². The zero-order valence-electron chi connectivity index (χ0n) is 13.5. The summed E-state index contributed by atoms with van der Waals surface area (Å²) in [5.41, 5.74) is 1.74. The summed E-state index contributed by atoms with van der Waals surface area (Å²) < 4.78 is 4.94. The molecule has 0 bridgehead atoms. The van der Waals surface area contributed by atoms with Gasteiger partial charge in [0.1, 0.15) is 0 Å². The van der Waals surface area contributed by atoms with Gasteiger partial charge in [-0.15, -0.1) is 0 Å². The van der Waals surface area contributed by atoms with Crippen molar-refractivity contribution in [3.63, 3.8) is 0 Å². The van der Waals surface area contributed by atoms with E-state index in [0.29, 0.717) is 16.3 Å². The van der Waals surface area contributed by atoms with Gasteiger partial charge in [-0.25, -0.2) is 0 Å². The topological polar surface area (TPSA) is 84.5 Å². The summed E-state index contributed by atoms with van der Waals surface area (Å²) in [5.74, 6) is -1.18. The van der Waals surface area contributed by atoms with Crippen molar-refractivity contribution >= 4 is 35.1 Å². The molecule has 0 aromatic heterocycles. The van der Waals surface area contributed by atoms with Gasteiger partial charge < -0.3 is 15.4 Å². The highest BCUT2D eigenvalue weighted by Gasteiger charge is 2.09. The first kappa shape index (κ1) is 18.5. The molecule has 130 valence electrons. The van der Waals surface area contributed by atoms with Gasteiger partial charge in [0.05, 0.1) is 6.42 Å². The van der Waals surface area contributed by atoms with Gasteiger partial charge in [-0.2, -0.15) is 0 Å². The van der Waals surface area contributed by atoms with Crippen molar-refractivity contribution in [3.8, 4) is 0 Å². The summed E-state index contributed by atoms with van der Waals surface area (Å²) in [6, 6.07) is 13.2. The Hall–Kier alpha value is -2.86. The van der Waals surface area contributed by atoms with Gasteiger partial charge in [0.2, 0.25) is 0 Å². The predicted molar refractivity (Wildman–Crippen MR) is 94.6 cm³/mol. The Labute approximate surface area is 150 Å². The maximum Gasteiger partial charge on any atom is 0.310 e. The molecule has 2 amide bonds. The lowest BCUT2D eigenvalue weighted by molar-refractivity contribution is -0.146. The van der Waals surface area contributed by atoms with Gasteiger partial charge in [0.15, 0.2) is 6.61 Å². The highest BCUT2D eigenvalue weighted by atomic mass is 35.5. The summed E-state index contributed by atoms with van der Waals surface area (Å²) >= 11 is 5.77. The molecule has 2 aromatic carbocycles. The Bertz CT molecular complexity index is 758. The molecule has 0 aliphatic heterocycles. The van der Waals surface area contributed by atoms with E-state index in [1.165, 1.54) is 7.05 Å². The standard InChI is InChI=1S/C18H17ClN2O4/c1-20-18(24)13-4-8-15(9-5-13)21-16(22)11-25-17(23)10-12-2-6-14(19)7-3-12/h2-9H,10-11H2,1H3,(H,20,24)(H,21,22). The Kier molecular flexibility index (Phi) is 6.54. The molecule has 0 aliphatic rings. The number of carbonyl (C=O) groups is 3. The van der Waals surface area contributed by atoms with Crippen LogP contribution in [0.25, 0.3) is 0 Å². The van der Waals surface area contributed by atoms with Crippen LogP contribution < -0.4 is 10.6 Å². The Balaban J connectivity index is 1.79. The number of hydrogen-bond acceptors (Lipinski definition) is 4. The minimum absolute atomic E-state index is 0.0608. The van der Waals surface area contributed by atoms with Crippen molar-refractivity contribution in [3.05, 3.63) is 64.7 Å². The van der Waals surface area contributed by atoms with Crippen LogP contribution in [0.1, 0.15) is 15.9 Å². The maximum absolute atomic E-state index is 11.8. The smallest absolute Gasteiger partial charge is 0.310 e. The number of carbonyl (C=O) groups excluding carboxylic acids is 3. The van der Waals surface area contributed by atoms with Crippen LogP contribution in [0.3, 0.4) is 0 Å². The highest BCUT2D eigenvalue weighted by Crippen LogP contribution is 2.11. The fourth-order valence-electron chi connectivity index (χ4n) is 2.01. The molecule has 25 heavy (non-hydrogen) atoms. The van der Waals surface area contributed by atoms with Crippen molar-refractivity contribution in [1.82, 2.24) is 5.32 Å². The number of ether oxygens (including phenoxy) is 1. The maximum atomic E-state index is 11.8. The second-order valence-electron chi connectivity index (χ2n) is 5.17. The second-order valence-corrected chi connectivity index (χ2v) is 5.61. The molecule has 2 aromatic rings. The monoisotopic (exact) mass is 360 g/mol. The van der Waals surface area contributed by atoms with E-state index in [4.69, 9.17) is 16.3 Å². The third-order valence-corrected chi connectivity index (χ3v) is 3.54. The van der Waals surface area contributed by atoms with Gasteiger partial charge in [0.25, 0.3) is 11.8 Å². The number of esters is 1. The van der Waals surface area contributed by atoms with Crippen molar-refractivity contribution in [2.24, 2.45) is 0 Å². The molecule has 0 saturated heterocycles. The molecule has 0 heterocycles. The van der Waals surface area contributed by atoms with Crippen LogP contribution in [-0.2, 0) is 20.7 Å².